The van der Waals surface area contributed by atoms with E-state index < -0.39 is 0 Å². The van der Waals surface area contributed by atoms with E-state index in [2.05, 4.69) is 28.8 Å². The first-order valence-corrected chi connectivity index (χ1v) is 6.77. The van der Waals surface area contributed by atoms with Crippen molar-refractivity contribution in [2.45, 2.75) is 32.1 Å². The van der Waals surface area contributed by atoms with Crippen LogP contribution in [0.5, 0.6) is 0 Å². The summed E-state index contributed by atoms with van der Waals surface area (Å²) in [6.07, 6.45) is 7.61. The van der Waals surface area contributed by atoms with Gasteiger partial charge in [0.25, 0.3) is 0 Å². The van der Waals surface area contributed by atoms with Crippen molar-refractivity contribution < 1.29 is 4.74 Å². The number of methoxy groups -OCH3 is 1. The quantitative estimate of drug-likeness (QED) is 0.282. The zero-order chi connectivity index (χ0) is 13.6. The van der Waals surface area contributed by atoms with Gasteiger partial charge in [0.15, 0.2) is 5.96 Å². The first-order valence-electron chi connectivity index (χ1n) is 6.77. The van der Waals surface area contributed by atoms with Crippen LogP contribution in [0.2, 0.25) is 0 Å². The summed E-state index contributed by atoms with van der Waals surface area (Å²) in [5, 5.41) is 3.38. The fraction of sp³-hybridized carbons (Fsp3) is 0.786. The fourth-order valence-corrected chi connectivity index (χ4v) is 1.71. The van der Waals surface area contributed by atoms with Crippen molar-refractivity contribution in [3.05, 3.63) is 12.7 Å². The molecular formula is C14H29N3O. The van der Waals surface area contributed by atoms with E-state index in [4.69, 9.17) is 4.74 Å². The third-order valence-corrected chi connectivity index (χ3v) is 2.78. The zero-order valence-electron chi connectivity index (χ0n) is 12.2. The van der Waals surface area contributed by atoms with Gasteiger partial charge in [-0.1, -0.05) is 6.08 Å². The molecule has 0 bridgehead atoms. The second kappa shape index (κ2) is 12.4. The molecule has 1 N–H and O–H groups in total. The number of allylic oxidation sites excluding steroid dienone is 1. The summed E-state index contributed by atoms with van der Waals surface area (Å²) < 4.78 is 5.02. The fourth-order valence-electron chi connectivity index (χ4n) is 1.71. The predicted molar refractivity (Wildman–Crippen MR) is 79.1 cm³/mol. The van der Waals surface area contributed by atoms with Crippen LogP contribution in [0, 0.1) is 0 Å². The molecule has 0 aliphatic rings. The summed E-state index contributed by atoms with van der Waals surface area (Å²) in [6, 6.07) is 0. The van der Waals surface area contributed by atoms with Gasteiger partial charge in [-0.25, -0.2) is 0 Å². The van der Waals surface area contributed by atoms with Gasteiger partial charge in [0.05, 0.1) is 0 Å². The molecule has 0 heterocycles. The monoisotopic (exact) mass is 255 g/mol. The Balaban J connectivity index is 3.66. The van der Waals surface area contributed by atoms with Crippen LogP contribution in [-0.4, -0.2) is 51.8 Å². The maximum Gasteiger partial charge on any atom is 0.193 e. The number of guanidine groups is 1. The maximum absolute atomic E-state index is 5.02. The number of aliphatic imine (C=N–C) groups is 1. The molecule has 0 aromatic carbocycles. The lowest BCUT2D eigenvalue weighted by molar-refractivity contribution is 0.192. The van der Waals surface area contributed by atoms with Gasteiger partial charge in [-0.3, -0.25) is 4.99 Å². The molecule has 106 valence electrons. The van der Waals surface area contributed by atoms with Crippen LogP contribution in [0.4, 0.5) is 0 Å². The number of ether oxygens (including phenoxy) is 1. The number of rotatable bonds is 10. The van der Waals surface area contributed by atoms with Crippen molar-refractivity contribution in [1.82, 2.24) is 10.2 Å². The molecule has 0 aliphatic carbocycles. The highest BCUT2D eigenvalue weighted by molar-refractivity contribution is 5.79. The van der Waals surface area contributed by atoms with Crippen molar-refractivity contribution in [1.29, 1.82) is 0 Å². The van der Waals surface area contributed by atoms with E-state index in [1.807, 2.05) is 13.1 Å². The minimum atomic E-state index is 0.857. The van der Waals surface area contributed by atoms with E-state index in [0.29, 0.717) is 0 Å². The highest BCUT2D eigenvalue weighted by Crippen LogP contribution is 1.96. The van der Waals surface area contributed by atoms with Gasteiger partial charge in [-0.2, -0.15) is 0 Å². The van der Waals surface area contributed by atoms with Crippen LogP contribution in [0.1, 0.15) is 32.1 Å². The Kier molecular flexibility index (Phi) is 11.7. The number of hydrogen-bond acceptors (Lipinski definition) is 2. The second-order valence-corrected chi connectivity index (χ2v) is 4.38. The molecule has 0 saturated carbocycles. The third-order valence-electron chi connectivity index (χ3n) is 2.78. The molecule has 0 rings (SSSR count). The molecule has 0 fully saturated rings. The lowest BCUT2D eigenvalue weighted by Crippen LogP contribution is -2.39. The van der Waals surface area contributed by atoms with Crippen molar-refractivity contribution >= 4 is 5.96 Å². The highest BCUT2D eigenvalue weighted by Gasteiger charge is 2.03. The molecule has 18 heavy (non-hydrogen) atoms. The molecule has 0 saturated heterocycles. The summed E-state index contributed by atoms with van der Waals surface area (Å²) in [5.41, 5.74) is 0. The Hall–Kier alpha value is -1.03. The Morgan fingerprint density at radius 1 is 1.33 bits per heavy atom. The van der Waals surface area contributed by atoms with Gasteiger partial charge in [0.1, 0.15) is 0 Å². The number of nitrogens with one attached hydrogen (secondary N) is 1. The standard InChI is InChI=1S/C14H29N3O/c1-5-6-9-12-17(3)14(15-2)16-11-8-7-10-13-18-4/h5H,1,6-13H2,2-4H3,(H,15,16). The smallest absolute Gasteiger partial charge is 0.193 e. The number of nitrogens with zero attached hydrogens (tertiary/aromatic N) is 2. The number of unbranched alkanes of at least 4 members (excludes halogenated alkanes) is 3. The van der Waals surface area contributed by atoms with Crippen molar-refractivity contribution in [3.8, 4) is 0 Å². The van der Waals surface area contributed by atoms with Gasteiger partial charge < -0.3 is 15.0 Å². The molecule has 4 heteroatoms. The first-order chi connectivity index (χ1) is 8.76. The maximum atomic E-state index is 5.02. The Bertz CT molecular complexity index is 229. The molecule has 0 atom stereocenters. The summed E-state index contributed by atoms with van der Waals surface area (Å²) in [4.78, 5) is 6.45. The van der Waals surface area contributed by atoms with Crippen molar-refractivity contribution in [2.75, 3.05) is 40.9 Å². The normalized spacial score (nSPS) is 11.4. The van der Waals surface area contributed by atoms with Crippen LogP contribution in [0.3, 0.4) is 0 Å². The predicted octanol–water partition coefficient (Wildman–Crippen LogP) is 2.28. The van der Waals surface area contributed by atoms with Gasteiger partial charge >= 0.3 is 0 Å². The molecule has 0 spiro atoms. The average Bonchev–Trinajstić information content (AvgIpc) is 2.38. The molecule has 0 aliphatic heterocycles. The largest absolute Gasteiger partial charge is 0.385 e. The van der Waals surface area contributed by atoms with Gasteiger partial charge in [-0.15, -0.1) is 6.58 Å². The topological polar surface area (TPSA) is 36.9 Å². The van der Waals surface area contributed by atoms with Crippen LogP contribution < -0.4 is 5.32 Å². The summed E-state index contributed by atoms with van der Waals surface area (Å²) in [7, 11) is 5.65. The number of hydrogen-bond donors (Lipinski definition) is 1. The minimum absolute atomic E-state index is 0.857. The third kappa shape index (κ3) is 9.05. The lowest BCUT2D eigenvalue weighted by Gasteiger charge is -2.21. The van der Waals surface area contributed by atoms with E-state index in [9.17, 15) is 0 Å². The molecule has 0 radical (unpaired) electrons. The molecule has 0 aromatic rings. The SMILES string of the molecule is C=CCCCN(C)C(=NC)NCCCCCOC. The van der Waals surface area contributed by atoms with E-state index in [0.717, 1.165) is 51.3 Å². The minimum Gasteiger partial charge on any atom is -0.385 e. The Morgan fingerprint density at radius 3 is 2.72 bits per heavy atom. The first kappa shape index (κ1) is 17.0. The van der Waals surface area contributed by atoms with E-state index in [1.54, 1.807) is 7.11 Å². The van der Waals surface area contributed by atoms with E-state index in [-0.39, 0.29) is 0 Å². The van der Waals surface area contributed by atoms with Gasteiger partial charge in [0.2, 0.25) is 0 Å². The van der Waals surface area contributed by atoms with Crippen LogP contribution >= 0.6 is 0 Å². The highest BCUT2D eigenvalue weighted by atomic mass is 16.5. The van der Waals surface area contributed by atoms with Crippen LogP contribution in [-0.2, 0) is 4.74 Å². The Morgan fingerprint density at radius 2 is 2.11 bits per heavy atom. The zero-order valence-corrected chi connectivity index (χ0v) is 12.2. The summed E-state index contributed by atoms with van der Waals surface area (Å²) in [5.74, 6) is 0.978. The second-order valence-electron chi connectivity index (χ2n) is 4.38. The molecule has 0 amide bonds. The lowest BCUT2D eigenvalue weighted by atomic mass is 10.2. The molecular weight excluding hydrogens is 226 g/mol. The molecule has 4 nitrogen and oxygen atoms in total. The van der Waals surface area contributed by atoms with Crippen molar-refractivity contribution in [3.63, 3.8) is 0 Å². The van der Waals surface area contributed by atoms with E-state index in [1.165, 1.54) is 6.42 Å². The van der Waals surface area contributed by atoms with Gasteiger partial charge in [-0.05, 0) is 32.1 Å². The average molecular weight is 255 g/mol. The Labute approximate surface area is 112 Å². The van der Waals surface area contributed by atoms with Crippen LogP contribution in [0.25, 0.3) is 0 Å². The van der Waals surface area contributed by atoms with Crippen molar-refractivity contribution in [2.24, 2.45) is 4.99 Å². The van der Waals surface area contributed by atoms with Gasteiger partial charge in [0, 0.05) is 40.9 Å². The molecule has 0 unspecified atom stereocenters. The van der Waals surface area contributed by atoms with Crippen LogP contribution in [0.15, 0.2) is 17.6 Å². The molecule has 0 aromatic heterocycles. The summed E-state index contributed by atoms with van der Waals surface area (Å²) in [6.45, 7) is 6.57. The summed E-state index contributed by atoms with van der Waals surface area (Å²) >= 11 is 0. The van der Waals surface area contributed by atoms with E-state index >= 15 is 0 Å².